The molecular weight excluding hydrogens is 488 g/mol. The summed E-state index contributed by atoms with van der Waals surface area (Å²) in [5.74, 6) is -0.238. The second-order valence-corrected chi connectivity index (χ2v) is 11.6. The Balaban J connectivity index is 2.06. The van der Waals surface area contributed by atoms with E-state index in [4.69, 9.17) is 9.47 Å². The van der Waals surface area contributed by atoms with Crippen LogP contribution in [0.1, 0.15) is 46.6 Å². The van der Waals surface area contributed by atoms with E-state index in [1.807, 2.05) is 39.8 Å². The van der Waals surface area contributed by atoms with Gasteiger partial charge in [0.05, 0.1) is 18.4 Å². The number of rotatable bonds is 10. The zero-order chi connectivity index (χ0) is 25.9. The molecule has 188 valence electrons. The van der Waals surface area contributed by atoms with Gasteiger partial charge >= 0.3 is 5.97 Å². The minimum atomic E-state index is -3.92. The van der Waals surface area contributed by atoms with Crippen molar-refractivity contribution in [2.24, 2.45) is 5.92 Å². The summed E-state index contributed by atoms with van der Waals surface area (Å²) < 4.78 is 40.2. The van der Waals surface area contributed by atoms with Crippen molar-refractivity contribution in [2.75, 3.05) is 18.0 Å². The Kier molecular flexibility index (Phi) is 8.07. The van der Waals surface area contributed by atoms with Crippen LogP contribution in [0.3, 0.4) is 0 Å². The summed E-state index contributed by atoms with van der Waals surface area (Å²) in [6, 6.07) is 8.17. The predicted molar refractivity (Wildman–Crippen MR) is 136 cm³/mol. The highest BCUT2D eigenvalue weighted by atomic mass is 32.2. The first-order chi connectivity index (χ1) is 16.4. The third kappa shape index (κ3) is 5.94. The third-order valence-electron chi connectivity index (χ3n) is 5.40. The van der Waals surface area contributed by atoms with Crippen molar-refractivity contribution in [2.45, 2.75) is 45.6 Å². The molecule has 0 atom stereocenters. The van der Waals surface area contributed by atoms with Crippen molar-refractivity contribution in [1.29, 1.82) is 0 Å². The zero-order valence-corrected chi connectivity index (χ0v) is 22.3. The summed E-state index contributed by atoms with van der Waals surface area (Å²) in [6.45, 7) is 9.82. The van der Waals surface area contributed by atoms with E-state index < -0.39 is 16.0 Å². The van der Waals surface area contributed by atoms with Gasteiger partial charge in [-0.15, -0.1) is 11.3 Å². The van der Waals surface area contributed by atoms with Crippen LogP contribution < -0.4 is 13.8 Å². The van der Waals surface area contributed by atoms with Gasteiger partial charge in [0.1, 0.15) is 18.1 Å². The Hall–Kier alpha value is -3.11. The highest BCUT2D eigenvalue weighted by Gasteiger charge is 2.31. The maximum atomic E-state index is 13.6. The first kappa shape index (κ1) is 26.5. The number of hydrogen-bond acceptors (Lipinski definition) is 7. The molecular formula is C25H30N2O6S2. The molecule has 0 bridgehead atoms. The lowest BCUT2D eigenvalue weighted by Crippen LogP contribution is -2.34. The van der Waals surface area contributed by atoms with Crippen molar-refractivity contribution in [3.8, 4) is 11.5 Å². The average Bonchev–Trinajstić information content (AvgIpc) is 3.25. The Bertz CT molecular complexity index is 1330. The smallest absolute Gasteiger partial charge is 0.335 e. The molecule has 0 saturated heterocycles. The number of carboxylic acid groups (broad SMARTS) is 1. The second kappa shape index (κ2) is 10.7. The zero-order valence-electron chi connectivity index (χ0n) is 20.7. The van der Waals surface area contributed by atoms with Crippen LogP contribution in [0.25, 0.3) is 0 Å². The van der Waals surface area contributed by atoms with Gasteiger partial charge in [-0.2, -0.15) is 8.42 Å². The van der Waals surface area contributed by atoms with Gasteiger partial charge in [0, 0.05) is 23.2 Å². The van der Waals surface area contributed by atoms with Crippen molar-refractivity contribution in [3.05, 3.63) is 63.7 Å². The molecule has 0 aliphatic heterocycles. The van der Waals surface area contributed by atoms with Crippen LogP contribution >= 0.6 is 11.3 Å². The number of carboxylic acids is 1. The summed E-state index contributed by atoms with van der Waals surface area (Å²) >= 11 is 1.09. The van der Waals surface area contributed by atoms with Crippen LogP contribution in [0.15, 0.2) is 40.1 Å². The van der Waals surface area contributed by atoms with Crippen LogP contribution in [0.4, 0.5) is 5.69 Å². The third-order valence-corrected chi connectivity index (χ3v) is 8.53. The Morgan fingerprint density at radius 2 is 1.80 bits per heavy atom. The van der Waals surface area contributed by atoms with Crippen LogP contribution in [-0.2, 0) is 16.6 Å². The van der Waals surface area contributed by atoms with E-state index >= 15 is 0 Å². The van der Waals surface area contributed by atoms with Crippen LogP contribution in [0.5, 0.6) is 11.5 Å². The van der Waals surface area contributed by atoms with Crippen LogP contribution in [-0.4, -0.2) is 38.1 Å². The number of aryl methyl sites for hydroxylation is 3. The molecule has 1 N–H and O–H groups in total. The molecule has 1 aromatic heterocycles. The van der Waals surface area contributed by atoms with Gasteiger partial charge < -0.3 is 14.6 Å². The van der Waals surface area contributed by atoms with Gasteiger partial charge in [0.25, 0.3) is 10.0 Å². The number of sulfonamides is 1. The van der Waals surface area contributed by atoms with E-state index in [1.165, 1.54) is 23.5 Å². The molecule has 3 rings (SSSR count). The summed E-state index contributed by atoms with van der Waals surface area (Å²) in [7, 11) is -2.46. The Morgan fingerprint density at radius 3 is 2.37 bits per heavy atom. The minimum absolute atomic E-state index is 0.0331. The summed E-state index contributed by atoms with van der Waals surface area (Å²) in [6.07, 6.45) is 0. The van der Waals surface area contributed by atoms with Gasteiger partial charge in [0.15, 0.2) is 0 Å². The van der Waals surface area contributed by atoms with Gasteiger partial charge in [-0.3, -0.25) is 4.31 Å². The summed E-state index contributed by atoms with van der Waals surface area (Å²) in [5, 5.41) is 11.0. The maximum absolute atomic E-state index is 13.6. The number of ether oxygens (including phenoxy) is 2. The predicted octanol–water partition coefficient (Wildman–Crippen LogP) is 5.21. The van der Waals surface area contributed by atoms with E-state index in [1.54, 1.807) is 18.4 Å². The van der Waals surface area contributed by atoms with E-state index in [2.05, 4.69) is 4.98 Å². The standard InChI is InChI=1S/C25H30N2O6S2/c1-15(2)12-27(35(30,31)25-26-18(5)14-34-25)21-9-16(3)17(4)10-23(21)33-13-20-8-7-19(24(28)29)11-22(20)32-6/h7-11,14-15H,12-13H2,1-6H3,(H,28,29). The number of hydrogen-bond donors (Lipinski definition) is 1. The number of carbonyl (C=O) groups is 1. The van der Waals surface area contributed by atoms with E-state index in [-0.39, 0.29) is 29.0 Å². The Morgan fingerprint density at radius 1 is 1.11 bits per heavy atom. The summed E-state index contributed by atoms with van der Waals surface area (Å²) in [5.41, 5.74) is 3.68. The second-order valence-electron chi connectivity index (χ2n) is 8.71. The summed E-state index contributed by atoms with van der Waals surface area (Å²) in [4.78, 5) is 15.5. The highest BCUT2D eigenvalue weighted by molar-refractivity contribution is 7.94. The lowest BCUT2D eigenvalue weighted by atomic mass is 10.1. The molecule has 2 aromatic carbocycles. The molecule has 0 radical (unpaired) electrons. The SMILES string of the molecule is COc1cc(C(=O)O)ccc1COc1cc(C)c(C)cc1N(CC(C)C)S(=O)(=O)c1nc(C)cs1. The van der Waals surface area contributed by atoms with E-state index in [0.29, 0.717) is 28.4 Å². The number of aromatic nitrogens is 1. The quantitative estimate of drug-likeness (QED) is 0.393. The number of nitrogens with zero attached hydrogens (tertiary/aromatic N) is 2. The lowest BCUT2D eigenvalue weighted by molar-refractivity contribution is 0.0696. The van der Waals surface area contributed by atoms with Gasteiger partial charge in [-0.1, -0.05) is 19.9 Å². The fourth-order valence-electron chi connectivity index (χ4n) is 3.44. The normalized spacial score (nSPS) is 11.5. The lowest BCUT2D eigenvalue weighted by Gasteiger charge is -2.28. The monoisotopic (exact) mass is 518 g/mol. The van der Waals surface area contributed by atoms with Crippen molar-refractivity contribution < 1.29 is 27.8 Å². The van der Waals surface area contributed by atoms with Gasteiger partial charge in [-0.05, 0) is 62.1 Å². The van der Waals surface area contributed by atoms with Crippen molar-refractivity contribution in [3.63, 3.8) is 0 Å². The molecule has 35 heavy (non-hydrogen) atoms. The number of methoxy groups -OCH3 is 1. The fraction of sp³-hybridized carbons (Fsp3) is 0.360. The van der Waals surface area contributed by atoms with Gasteiger partial charge in [-0.25, -0.2) is 9.78 Å². The molecule has 0 amide bonds. The van der Waals surface area contributed by atoms with Crippen molar-refractivity contribution in [1.82, 2.24) is 4.98 Å². The molecule has 0 fully saturated rings. The number of thiazole rings is 1. The first-order valence-electron chi connectivity index (χ1n) is 11.0. The molecule has 0 aliphatic rings. The highest BCUT2D eigenvalue weighted by Crippen LogP contribution is 2.37. The van der Waals surface area contributed by atoms with E-state index in [0.717, 1.165) is 22.5 Å². The average molecular weight is 519 g/mol. The molecule has 0 saturated carbocycles. The van der Waals surface area contributed by atoms with Gasteiger partial charge in [0.2, 0.25) is 4.34 Å². The van der Waals surface area contributed by atoms with Crippen LogP contribution in [0, 0.1) is 26.7 Å². The molecule has 0 spiro atoms. The molecule has 1 heterocycles. The minimum Gasteiger partial charge on any atom is -0.496 e. The molecule has 0 unspecified atom stereocenters. The molecule has 8 nitrogen and oxygen atoms in total. The largest absolute Gasteiger partial charge is 0.496 e. The fourth-order valence-corrected chi connectivity index (χ4v) is 6.21. The number of aromatic carboxylic acids is 1. The number of anilines is 1. The topological polar surface area (TPSA) is 106 Å². The maximum Gasteiger partial charge on any atom is 0.335 e. The number of benzene rings is 2. The van der Waals surface area contributed by atoms with Crippen LogP contribution in [0.2, 0.25) is 0 Å². The molecule has 10 heteroatoms. The Labute approximate surface area is 210 Å². The molecule has 3 aromatic rings. The van der Waals surface area contributed by atoms with Crippen molar-refractivity contribution >= 4 is 33.0 Å². The first-order valence-corrected chi connectivity index (χ1v) is 13.3. The molecule has 0 aliphatic carbocycles. The van der Waals surface area contributed by atoms with E-state index in [9.17, 15) is 18.3 Å².